The van der Waals surface area contributed by atoms with Crippen LogP contribution in [-0.4, -0.2) is 30.6 Å². The van der Waals surface area contributed by atoms with Crippen LogP contribution in [0.2, 0.25) is 0 Å². The van der Waals surface area contributed by atoms with Crippen molar-refractivity contribution in [2.45, 2.75) is 52.5 Å². The first-order chi connectivity index (χ1) is 10.0. The average Bonchev–Trinajstić information content (AvgIpc) is 2.69. The lowest BCUT2D eigenvalue weighted by molar-refractivity contribution is 0.0837. The number of aryl methyl sites for hydroxylation is 1. The lowest BCUT2D eigenvalue weighted by atomic mass is 9.75. The molecule has 1 fully saturated rings. The largest absolute Gasteiger partial charge is 0.383 e. The molecule has 1 aromatic rings. The molecule has 1 saturated heterocycles. The van der Waals surface area contributed by atoms with Gasteiger partial charge in [0.15, 0.2) is 0 Å². The number of hydrogen-bond acceptors (Lipinski definition) is 2. The molecule has 2 heterocycles. The number of para-hydroxylation sites is 1. The van der Waals surface area contributed by atoms with E-state index in [0.717, 1.165) is 12.5 Å². The molecule has 3 rings (SSSR count). The Morgan fingerprint density at radius 2 is 1.76 bits per heavy atom. The zero-order valence-electron chi connectivity index (χ0n) is 13.9. The van der Waals surface area contributed by atoms with Crippen molar-refractivity contribution in [3.63, 3.8) is 0 Å². The Balaban J connectivity index is 1.58. The lowest BCUT2D eigenvalue weighted by Gasteiger charge is -2.41. The highest BCUT2D eigenvalue weighted by Gasteiger charge is 2.31. The summed E-state index contributed by atoms with van der Waals surface area (Å²) >= 11 is 0. The molecule has 116 valence electrons. The summed E-state index contributed by atoms with van der Waals surface area (Å²) in [4.78, 5) is 2.74. The molecule has 0 saturated carbocycles. The highest BCUT2D eigenvalue weighted by atomic mass is 15.2. The van der Waals surface area contributed by atoms with Gasteiger partial charge in [0.05, 0.1) is 0 Å². The van der Waals surface area contributed by atoms with Crippen molar-refractivity contribution >= 4 is 5.69 Å². The number of likely N-dealkylation sites (tertiary alicyclic amines) is 1. The molecular formula is C19H30N2. The summed E-state index contributed by atoms with van der Waals surface area (Å²) in [5.74, 6) is 0.893. The van der Waals surface area contributed by atoms with Gasteiger partial charge in [-0.05, 0) is 61.7 Å². The number of hydrogen-bond donors (Lipinski definition) is 1. The van der Waals surface area contributed by atoms with Gasteiger partial charge in [-0.15, -0.1) is 0 Å². The summed E-state index contributed by atoms with van der Waals surface area (Å²) in [7, 11) is 0. The van der Waals surface area contributed by atoms with Crippen molar-refractivity contribution in [3.8, 4) is 0 Å². The number of nitrogens with zero attached hydrogens (tertiary/aromatic N) is 1. The fraction of sp³-hybridized carbons (Fsp3) is 0.684. The first-order valence-electron chi connectivity index (χ1n) is 8.60. The molecule has 2 aliphatic heterocycles. The van der Waals surface area contributed by atoms with Crippen LogP contribution < -0.4 is 5.32 Å². The molecule has 2 heteroatoms. The van der Waals surface area contributed by atoms with E-state index in [2.05, 4.69) is 55.3 Å². The van der Waals surface area contributed by atoms with Crippen LogP contribution in [-0.2, 0) is 6.42 Å². The average molecular weight is 286 g/mol. The zero-order valence-corrected chi connectivity index (χ0v) is 13.9. The molecule has 2 nitrogen and oxygen atoms in total. The molecule has 0 bridgehead atoms. The van der Waals surface area contributed by atoms with Gasteiger partial charge in [-0.1, -0.05) is 39.0 Å². The predicted molar refractivity (Wildman–Crippen MR) is 90.8 cm³/mol. The van der Waals surface area contributed by atoms with Crippen molar-refractivity contribution in [3.05, 3.63) is 29.8 Å². The lowest BCUT2D eigenvalue weighted by Crippen LogP contribution is -2.46. The minimum Gasteiger partial charge on any atom is -0.383 e. The molecule has 1 N–H and O–H groups in total. The fourth-order valence-corrected chi connectivity index (χ4v) is 4.01. The van der Waals surface area contributed by atoms with Gasteiger partial charge in [-0.25, -0.2) is 0 Å². The molecule has 1 atom stereocenters. The van der Waals surface area contributed by atoms with Gasteiger partial charge in [0.2, 0.25) is 0 Å². The molecule has 1 unspecified atom stereocenters. The van der Waals surface area contributed by atoms with E-state index >= 15 is 0 Å². The smallest absolute Gasteiger partial charge is 0.0373 e. The first-order valence-corrected chi connectivity index (χ1v) is 8.60. The summed E-state index contributed by atoms with van der Waals surface area (Å²) in [5, 5.41) is 3.67. The van der Waals surface area contributed by atoms with Crippen LogP contribution in [0.4, 0.5) is 5.69 Å². The number of anilines is 1. The van der Waals surface area contributed by atoms with Crippen molar-refractivity contribution in [1.82, 2.24) is 4.90 Å². The van der Waals surface area contributed by atoms with Crippen molar-refractivity contribution in [2.75, 3.05) is 25.0 Å². The topological polar surface area (TPSA) is 15.3 Å². The van der Waals surface area contributed by atoms with Crippen LogP contribution in [0.25, 0.3) is 0 Å². The molecule has 0 aliphatic carbocycles. The number of piperidine rings is 1. The minimum atomic E-state index is 0.476. The second-order valence-electron chi connectivity index (χ2n) is 7.91. The third kappa shape index (κ3) is 3.42. The van der Waals surface area contributed by atoms with E-state index in [0.29, 0.717) is 11.5 Å². The van der Waals surface area contributed by atoms with E-state index in [1.165, 1.54) is 50.0 Å². The zero-order chi connectivity index (χ0) is 14.9. The number of nitrogens with one attached hydrogen (secondary N) is 1. The second kappa shape index (κ2) is 6.00. The Morgan fingerprint density at radius 1 is 1.05 bits per heavy atom. The quantitative estimate of drug-likeness (QED) is 0.833. The maximum atomic E-state index is 3.67. The maximum Gasteiger partial charge on any atom is 0.0373 e. The number of fused-ring (bicyclic) bond motifs is 1. The second-order valence-corrected chi connectivity index (χ2v) is 7.91. The summed E-state index contributed by atoms with van der Waals surface area (Å²) in [6.07, 6.45) is 5.25. The minimum absolute atomic E-state index is 0.476. The molecule has 0 spiro atoms. The van der Waals surface area contributed by atoms with Crippen LogP contribution in [0.15, 0.2) is 24.3 Å². The van der Waals surface area contributed by atoms with Gasteiger partial charge < -0.3 is 5.32 Å². The van der Waals surface area contributed by atoms with Crippen LogP contribution in [0.1, 0.15) is 45.6 Å². The van der Waals surface area contributed by atoms with E-state index in [1.54, 1.807) is 0 Å². The van der Waals surface area contributed by atoms with Crippen LogP contribution in [0.5, 0.6) is 0 Å². The normalized spacial score (nSPS) is 25.0. The maximum absolute atomic E-state index is 3.67. The highest BCUT2D eigenvalue weighted by molar-refractivity contribution is 5.52. The Kier molecular flexibility index (Phi) is 4.26. The number of rotatable bonds is 1. The van der Waals surface area contributed by atoms with Gasteiger partial charge in [0.25, 0.3) is 0 Å². The SMILES string of the molecule is CC(C)(C)C1CCN(C2CCc3ccccc3NC2)CC1. The van der Waals surface area contributed by atoms with E-state index < -0.39 is 0 Å². The number of benzene rings is 1. The molecule has 0 aromatic heterocycles. The van der Waals surface area contributed by atoms with Crippen molar-refractivity contribution in [2.24, 2.45) is 11.3 Å². The van der Waals surface area contributed by atoms with E-state index in [9.17, 15) is 0 Å². The van der Waals surface area contributed by atoms with E-state index in [1.807, 2.05) is 0 Å². The Hall–Kier alpha value is -1.02. The summed E-state index contributed by atoms with van der Waals surface area (Å²) < 4.78 is 0. The Morgan fingerprint density at radius 3 is 2.48 bits per heavy atom. The fourth-order valence-electron chi connectivity index (χ4n) is 4.01. The first kappa shape index (κ1) is 14.9. The predicted octanol–water partition coefficient (Wildman–Crippen LogP) is 4.17. The van der Waals surface area contributed by atoms with E-state index in [-0.39, 0.29) is 0 Å². The Bertz CT molecular complexity index is 440. The van der Waals surface area contributed by atoms with Gasteiger partial charge in [0.1, 0.15) is 0 Å². The van der Waals surface area contributed by atoms with Gasteiger partial charge in [0, 0.05) is 18.3 Å². The van der Waals surface area contributed by atoms with Crippen molar-refractivity contribution in [1.29, 1.82) is 0 Å². The summed E-state index contributed by atoms with van der Waals surface area (Å²) in [6.45, 7) is 10.9. The third-order valence-corrected chi connectivity index (χ3v) is 5.56. The highest BCUT2D eigenvalue weighted by Crippen LogP contribution is 2.35. The third-order valence-electron chi connectivity index (χ3n) is 5.56. The molecule has 2 aliphatic rings. The van der Waals surface area contributed by atoms with Crippen molar-refractivity contribution < 1.29 is 0 Å². The molecular weight excluding hydrogens is 256 g/mol. The van der Waals surface area contributed by atoms with Gasteiger partial charge in [-0.2, -0.15) is 0 Å². The van der Waals surface area contributed by atoms with Gasteiger partial charge in [-0.3, -0.25) is 4.90 Å². The Labute approximate surface area is 129 Å². The van der Waals surface area contributed by atoms with Crippen LogP contribution in [0.3, 0.4) is 0 Å². The molecule has 0 radical (unpaired) electrons. The van der Waals surface area contributed by atoms with E-state index in [4.69, 9.17) is 0 Å². The molecule has 1 aromatic carbocycles. The summed E-state index contributed by atoms with van der Waals surface area (Å²) in [6, 6.07) is 9.51. The van der Waals surface area contributed by atoms with Crippen LogP contribution >= 0.6 is 0 Å². The summed E-state index contributed by atoms with van der Waals surface area (Å²) in [5.41, 5.74) is 3.32. The standard InChI is InChI=1S/C19H30N2/c1-19(2,3)16-10-12-21(13-11-16)17-9-8-15-6-4-5-7-18(15)20-14-17/h4-7,16-17,20H,8-14H2,1-3H3. The monoisotopic (exact) mass is 286 g/mol. The molecule has 21 heavy (non-hydrogen) atoms. The van der Waals surface area contributed by atoms with Gasteiger partial charge >= 0.3 is 0 Å². The molecule has 0 amide bonds. The van der Waals surface area contributed by atoms with Crippen LogP contribution in [0, 0.1) is 11.3 Å².